The van der Waals surface area contributed by atoms with Gasteiger partial charge in [0.25, 0.3) is 11.6 Å². The van der Waals surface area contributed by atoms with Gasteiger partial charge < -0.3 is 10.4 Å². The molecule has 0 bridgehead atoms. The van der Waals surface area contributed by atoms with Gasteiger partial charge in [0.1, 0.15) is 12.7 Å². The number of fused-ring (bicyclic) bond motifs is 1. The van der Waals surface area contributed by atoms with Crippen molar-refractivity contribution in [3.05, 3.63) is 33.4 Å². The fourth-order valence-corrected chi connectivity index (χ4v) is 2.17. The second-order valence-corrected chi connectivity index (χ2v) is 4.87. The monoisotopic (exact) mass is 325 g/mol. The number of rotatable bonds is 6. The molecule has 23 heavy (non-hydrogen) atoms. The van der Waals surface area contributed by atoms with E-state index in [1.165, 1.54) is 0 Å². The molecule has 0 unspecified atom stereocenters. The van der Waals surface area contributed by atoms with Gasteiger partial charge >= 0.3 is 5.97 Å². The number of Topliss-reactive ketones (excluding diaryl/α,β-unsaturated/α-hetero) is 1. The molecule has 0 saturated carbocycles. The first-order chi connectivity index (χ1) is 10.8. The van der Waals surface area contributed by atoms with Crippen molar-refractivity contribution in [2.75, 3.05) is 12.0 Å². The van der Waals surface area contributed by atoms with Crippen LogP contribution in [0, 0.1) is 10.1 Å². The third kappa shape index (κ3) is 3.48. The number of benzene rings is 1. The molecule has 122 valence electrons. The molecule has 0 spiro atoms. The number of alkyl halides is 1. The number of nitrogens with one attached hydrogen (secondary N) is 2. The number of anilines is 1. The Morgan fingerprint density at radius 2 is 2.17 bits per heavy atom. The molecule has 1 aromatic carbocycles. The maximum absolute atomic E-state index is 12.6. The Kier molecular flexibility index (Phi) is 4.65. The third-order valence-corrected chi connectivity index (χ3v) is 3.37. The molecule has 0 aliphatic carbocycles. The van der Waals surface area contributed by atoms with Crippen LogP contribution >= 0.6 is 0 Å². The molecule has 1 aliphatic heterocycles. The normalized spacial score (nSPS) is 14.8. The van der Waals surface area contributed by atoms with E-state index < -0.39 is 35.3 Å². The van der Waals surface area contributed by atoms with Crippen molar-refractivity contribution in [1.82, 2.24) is 5.32 Å². The van der Waals surface area contributed by atoms with Gasteiger partial charge in [-0.3, -0.25) is 29.8 Å². The average molecular weight is 325 g/mol. The Balaban J connectivity index is 2.37. The number of carbonyl (C=O) groups is 3. The highest BCUT2D eigenvalue weighted by Crippen LogP contribution is 2.30. The van der Waals surface area contributed by atoms with Gasteiger partial charge in [0.2, 0.25) is 5.78 Å². The fraction of sp³-hybridized carbons (Fsp3) is 0.308. The van der Waals surface area contributed by atoms with Crippen LogP contribution in [0.1, 0.15) is 11.1 Å². The second kappa shape index (κ2) is 6.48. The highest BCUT2D eigenvalue weighted by atomic mass is 19.1. The number of carbonyl (C=O) groups excluding carboxylic acids is 2. The van der Waals surface area contributed by atoms with Gasteiger partial charge in [-0.25, -0.2) is 4.39 Å². The fourth-order valence-electron chi connectivity index (χ4n) is 2.17. The summed E-state index contributed by atoms with van der Waals surface area (Å²) in [6.45, 7) is -1.36. The van der Waals surface area contributed by atoms with Crippen LogP contribution in [0.2, 0.25) is 0 Å². The molecule has 3 N–H and O–H groups in total. The molecule has 1 aliphatic rings. The number of ketones is 1. The molecule has 0 aromatic heterocycles. The Hall–Kier alpha value is -2.88. The van der Waals surface area contributed by atoms with Crippen LogP contribution in [0.4, 0.5) is 15.8 Å². The first-order valence-electron chi connectivity index (χ1n) is 6.50. The molecule has 2 rings (SSSR count). The molecule has 0 fully saturated rings. The van der Waals surface area contributed by atoms with Gasteiger partial charge in [-0.2, -0.15) is 0 Å². The summed E-state index contributed by atoms with van der Waals surface area (Å²) in [6.07, 6.45) is -0.260. The van der Waals surface area contributed by atoms with E-state index in [0.29, 0.717) is 5.56 Å². The molecule has 0 radical (unpaired) electrons. The number of halogens is 1. The molecule has 9 nitrogen and oxygen atoms in total. The van der Waals surface area contributed by atoms with Crippen molar-refractivity contribution in [2.45, 2.75) is 19.0 Å². The Morgan fingerprint density at radius 3 is 2.74 bits per heavy atom. The van der Waals surface area contributed by atoms with E-state index in [0.717, 1.165) is 12.1 Å². The van der Waals surface area contributed by atoms with E-state index in [-0.39, 0.29) is 29.9 Å². The summed E-state index contributed by atoms with van der Waals surface area (Å²) in [7, 11) is 0. The Morgan fingerprint density at radius 1 is 1.48 bits per heavy atom. The van der Waals surface area contributed by atoms with Gasteiger partial charge in [0, 0.05) is 25.1 Å². The number of carboxylic acids is 1. The quantitative estimate of drug-likeness (QED) is 0.385. The number of nitrogens with zero attached hydrogens (tertiary/aromatic N) is 1. The van der Waals surface area contributed by atoms with Crippen molar-refractivity contribution >= 4 is 29.0 Å². The van der Waals surface area contributed by atoms with Crippen LogP contribution in [0.25, 0.3) is 0 Å². The van der Waals surface area contributed by atoms with E-state index >= 15 is 0 Å². The molecule has 10 heteroatoms. The third-order valence-electron chi connectivity index (χ3n) is 3.37. The smallest absolute Gasteiger partial charge is 0.323 e. The lowest BCUT2D eigenvalue weighted by Gasteiger charge is -2.20. The number of carboxylic acid groups (broad SMARTS) is 1. The SMILES string of the molecule is O=C1Cc2c(CN[C@@H](CF)C(=O)O)cc([N+](=O)[O-])cc2NC1=O. The van der Waals surface area contributed by atoms with Crippen LogP contribution in [0.3, 0.4) is 0 Å². The number of nitro benzene ring substituents is 1. The van der Waals surface area contributed by atoms with E-state index in [2.05, 4.69) is 10.6 Å². The largest absolute Gasteiger partial charge is 0.480 e. The van der Waals surface area contributed by atoms with Crippen molar-refractivity contribution in [1.29, 1.82) is 0 Å². The number of non-ortho nitro benzene ring substituents is 1. The number of nitro groups is 1. The predicted octanol–water partition coefficient (Wildman–Crippen LogP) is 0.171. The zero-order chi connectivity index (χ0) is 17.1. The predicted molar refractivity (Wildman–Crippen MR) is 74.7 cm³/mol. The maximum Gasteiger partial charge on any atom is 0.323 e. The molecular formula is C13H12FN3O6. The number of amides is 1. The first kappa shape index (κ1) is 16.5. The number of hydrogen-bond donors (Lipinski definition) is 3. The zero-order valence-corrected chi connectivity index (χ0v) is 11.7. The van der Waals surface area contributed by atoms with Gasteiger partial charge in [-0.1, -0.05) is 0 Å². The van der Waals surface area contributed by atoms with Gasteiger partial charge in [-0.15, -0.1) is 0 Å². The molecule has 1 atom stereocenters. The van der Waals surface area contributed by atoms with Crippen molar-refractivity contribution in [3.63, 3.8) is 0 Å². The van der Waals surface area contributed by atoms with Crippen LogP contribution in [-0.4, -0.2) is 40.4 Å². The topological polar surface area (TPSA) is 139 Å². The standard InChI is InChI=1S/C13H12FN3O6/c14-4-10(13(20)21)15-5-6-1-7(17(22)23)2-9-8(6)3-11(18)12(19)16-9/h1-2,10,15H,3-5H2,(H,16,19)(H,20,21)/t10-/m0/s1. The molecule has 1 heterocycles. The minimum absolute atomic E-state index is 0.118. The highest BCUT2D eigenvalue weighted by Gasteiger charge is 2.28. The minimum atomic E-state index is -1.47. The van der Waals surface area contributed by atoms with Crippen LogP contribution in [-0.2, 0) is 27.3 Å². The summed E-state index contributed by atoms with van der Waals surface area (Å²) < 4.78 is 12.6. The lowest BCUT2D eigenvalue weighted by atomic mass is 9.95. The summed E-state index contributed by atoms with van der Waals surface area (Å²) in [6, 6.07) is 0.805. The van der Waals surface area contributed by atoms with Gasteiger partial charge in [0.05, 0.1) is 10.6 Å². The van der Waals surface area contributed by atoms with Crippen LogP contribution in [0.5, 0.6) is 0 Å². The zero-order valence-electron chi connectivity index (χ0n) is 11.7. The van der Waals surface area contributed by atoms with Crippen LogP contribution < -0.4 is 10.6 Å². The van der Waals surface area contributed by atoms with Crippen molar-refractivity contribution in [3.8, 4) is 0 Å². The van der Waals surface area contributed by atoms with Gasteiger partial charge in [0.15, 0.2) is 0 Å². The molecule has 1 amide bonds. The summed E-state index contributed by atoms with van der Waals surface area (Å²) in [4.78, 5) is 43.9. The first-order valence-corrected chi connectivity index (χ1v) is 6.50. The van der Waals surface area contributed by atoms with Crippen LogP contribution in [0.15, 0.2) is 12.1 Å². The average Bonchev–Trinajstić information content (AvgIpc) is 2.48. The Bertz CT molecular complexity index is 705. The lowest BCUT2D eigenvalue weighted by molar-refractivity contribution is -0.384. The van der Waals surface area contributed by atoms with E-state index in [1.54, 1.807) is 0 Å². The molecular weight excluding hydrogens is 313 g/mol. The second-order valence-electron chi connectivity index (χ2n) is 4.87. The summed E-state index contributed by atoms with van der Waals surface area (Å²) >= 11 is 0. The van der Waals surface area contributed by atoms with Crippen molar-refractivity contribution in [2.24, 2.45) is 0 Å². The Labute approximate surface area is 128 Å². The minimum Gasteiger partial charge on any atom is -0.480 e. The van der Waals surface area contributed by atoms with E-state index in [9.17, 15) is 28.9 Å². The highest BCUT2D eigenvalue weighted by molar-refractivity contribution is 6.42. The molecule has 1 aromatic rings. The maximum atomic E-state index is 12.6. The summed E-state index contributed by atoms with van der Waals surface area (Å²) in [5.74, 6) is -2.99. The summed E-state index contributed by atoms with van der Waals surface area (Å²) in [5, 5.41) is 24.4. The van der Waals surface area contributed by atoms with E-state index in [1.807, 2.05) is 0 Å². The summed E-state index contributed by atoms with van der Waals surface area (Å²) in [5.41, 5.74) is 0.382. The number of aliphatic carboxylic acids is 1. The van der Waals surface area contributed by atoms with Crippen molar-refractivity contribution < 1.29 is 28.8 Å². The molecule has 0 saturated heterocycles. The lowest BCUT2D eigenvalue weighted by Crippen LogP contribution is -2.38. The van der Waals surface area contributed by atoms with Gasteiger partial charge in [-0.05, 0) is 11.1 Å². The van der Waals surface area contributed by atoms with E-state index in [4.69, 9.17) is 5.11 Å². The number of hydrogen-bond acceptors (Lipinski definition) is 6.